The third-order valence-electron chi connectivity index (χ3n) is 3.13. The molecule has 0 fully saturated rings. The summed E-state index contributed by atoms with van der Waals surface area (Å²) < 4.78 is 7.12. The normalized spacial score (nSPS) is 12.0. The van der Waals surface area contributed by atoms with E-state index in [1.54, 1.807) is 11.8 Å². The number of methoxy groups -OCH3 is 1. The average molecular weight is 281 g/mol. The molecule has 0 aliphatic heterocycles. The Morgan fingerprint density at radius 2 is 2.20 bits per heavy atom. The standard InChI is InChI=1S/C14H27N5O/c1-6-12-11(13(20-5)19(4)18-12)9-17-14(15)16-8-7-10(2)3/h10H,6-9H2,1-5H3,(H3,15,16,17). The van der Waals surface area contributed by atoms with Crippen LogP contribution in [-0.4, -0.2) is 29.4 Å². The van der Waals surface area contributed by atoms with Crippen molar-refractivity contribution in [2.24, 2.45) is 23.7 Å². The van der Waals surface area contributed by atoms with Gasteiger partial charge in [-0.25, -0.2) is 9.67 Å². The minimum atomic E-state index is 0.471. The Hall–Kier alpha value is -1.72. The average Bonchev–Trinajstić information content (AvgIpc) is 2.71. The lowest BCUT2D eigenvalue weighted by Crippen LogP contribution is -2.32. The van der Waals surface area contributed by atoms with Gasteiger partial charge in [-0.2, -0.15) is 5.10 Å². The largest absolute Gasteiger partial charge is 0.481 e. The number of nitrogens with two attached hydrogens (primary N) is 1. The van der Waals surface area contributed by atoms with Crippen molar-refractivity contribution < 1.29 is 4.74 Å². The first-order valence-corrected chi connectivity index (χ1v) is 7.12. The van der Waals surface area contributed by atoms with Crippen LogP contribution in [-0.2, 0) is 20.0 Å². The van der Waals surface area contributed by atoms with E-state index in [0.717, 1.165) is 36.5 Å². The molecule has 20 heavy (non-hydrogen) atoms. The van der Waals surface area contributed by atoms with E-state index in [9.17, 15) is 0 Å². The number of rotatable bonds is 7. The van der Waals surface area contributed by atoms with Gasteiger partial charge in [0.1, 0.15) is 0 Å². The topological polar surface area (TPSA) is 77.5 Å². The Balaban J connectivity index is 2.68. The second-order valence-corrected chi connectivity index (χ2v) is 5.22. The summed E-state index contributed by atoms with van der Waals surface area (Å²) in [6.07, 6.45) is 1.93. The minimum Gasteiger partial charge on any atom is -0.481 e. The predicted octanol–water partition coefficient (Wildman–Crippen LogP) is 1.44. The quantitative estimate of drug-likeness (QED) is 0.585. The number of hydrogen-bond donors (Lipinski definition) is 2. The molecule has 1 aromatic rings. The van der Waals surface area contributed by atoms with Crippen LogP contribution >= 0.6 is 0 Å². The Morgan fingerprint density at radius 1 is 1.50 bits per heavy atom. The van der Waals surface area contributed by atoms with E-state index < -0.39 is 0 Å². The highest BCUT2D eigenvalue weighted by Crippen LogP contribution is 2.22. The third-order valence-corrected chi connectivity index (χ3v) is 3.13. The highest BCUT2D eigenvalue weighted by atomic mass is 16.5. The molecular weight excluding hydrogens is 254 g/mol. The first-order chi connectivity index (χ1) is 9.49. The predicted molar refractivity (Wildman–Crippen MR) is 81.9 cm³/mol. The van der Waals surface area contributed by atoms with Gasteiger partial charge < -0.3 is 15.8 Å². The fraction of sp³-hybridized carbons (Fsp3) is 0.714. The van der Waals surface area contributed by atoms with Gasteiger partial charge >= 0.3 is 0 Å². The van der Waals surface area contributed by atoms with E-state index in [2.05, 4.69) is 36.2 Å². The van der Waals surface area contributed by atoms with Gasteiger partial charge in [0.2, 0.25) is 5.88 Å². The van der Waals surface area contributed by atoms with Gasteiger partial charge in [0, 0.05) is 13.6 Å². The molecule has 6 heteroatoms. The van der Waals surface area contributed by atoms with Crippen molar-refractivity contribution in [1.29, 1.82) is 0 Å². The number of nitrogens with zero attached hydrogens (tertiary/aromatic N) is 3. The van der Waals surface area contributed by atoms with Gasteiger partial charge in [0.25, 0.3) is 0 Å². The molecule has 0 aliphatic rings. The molecule has 0 aliphatic carbocycles. The van der Waals surface area contributed by atoms with E-state index in [0.29, 0.717) is 18.4 Å². The zero-order valence-electron chi connectivity index (χ0n) is 13.2. The van der Waals surface area contributed by atoms with Crippen LogP contribution < -0.4 is 15.8 Å². The van der Waals surface area contributed by atoms with Crippen LogP contribution in [0.15, 0.2) is 4.99 Å². The van der Waals surface area contributed by atoms with E-state index >= 15 is 0 Å². The maximum atomic E-state index is 5.87. The Kier molecular flexibility index (Phi) is 6.35. The zero-order chi connectivity index (χ0) is 15.1. The first kappa shape index (κ1) is 16.3. The summed E-state index contributed by atoms with van der Waals surface area (Å²) in [4.78, 5) is 4.37. The van der Waals surface area contributed by atoms with Crippen molar-refractivity contribution in [2.75, 3.05) is 13.7 Å². The molecule has 114 valence electrons. The molecule has 0 saturated carbocycles. The number of ether oxygens (including phenoxy) is 1. The Bertz CT molecular complexity index is 451. The summed E-state index contributed by atoms with van der Waals surface area (Å²) in [6, 6.07) is 0. The maximum absolute atomic E-state index is 5.87. The van der Waals surface area contributed by atoms with Crippen LogP contribution in [0.25, 0.3) is 0 Å². The van der Waals surface area contributed by atoms with Crippen molar-refractivity contribution in [3.8, 4) is 5.88 Å². The molecule has 0 radical (unpaired) electrons. The van der Waals surface area contributed by atoms with Gasteiger partial charge in [0.05, 0.1) is 24.9 Å². The molecule has 3 N–H and O–H groups in total. The summed E-state index contributed by atoms with van der Waals surface area (Å²) in [6.45, 7) is 7.77. The number of guanidine groups is 1. The maximum Gasteiger partial charge on any atom is 0.216 e. The first-order valence-electron chi connectivity index (χ1n) is 7.12. The van der Waals surface area contributed by atoms with Crippen LogP contribution in [0.2, 0.25) is 0 Å². The Labute approximate surface area is 121 Å². The van der Waals surface area contributed by atoms with Gasteiger partial charge in [-0.15, -0.1) is 0 Å². The molecule has 0 unspecified atom stereocenters. The lowest BCUT2D eigenvalue weighted by Gasteiger charge is -2.08. The smallest absolute Gasteiger partial charge is 0.216 e. The molecule has 0 bridgehead atoms. The monoisotopic (exact) mass is 281 g/mol. The van der Waals surface area contributed by atoms with E-state index in [-0.39, 0.29) is 0 Å². The highest BCUT2D eigenvalue weighted by Gasteiger charge is 2.15. The molecule has 1 aromatic heterocycles. The second kappa shape index (κ2) is 7.77. The molecule has 1 rings (SSSR count). The lowest BCUT2D eigenvalue weighted by molar-refractivity contribution is 0.369. The third kappa shape index (κ3) is 4.43. The molecule has 6 nitrogen and oxygen atoms in total. The molecule has 1 heterocycles. The van der Waals surface area contributed by atoms with Gasteiger partial charge in [-0.3, -0.25) is 0 Å². The molecule has 0 atom stereocenters. The van der Waals surface area contributed by atoms with Gasteiger partial charge in [-0.1, -0.05) is 20.8 Å². The van der Waals surface area contributed by atoms with Crippen molar-refractivity contribution >= 4 is 5.96 Å². The Morgan fingerprint density at radius 3 is 2.75 bits per heavy atom. The van der Waals surface area contributed by atoms with Crippen molar-refractivity contribution in [3.63, 3.8) is 0 Å². The summed E-state index contributed by atoms with van der Waals surface area (Å²) in [5, 5.41) is 7.55. The number of hydrogen-bond acceptors (Lipinski definition) is 3. The summed E-state index contributed by atoms with van der Waals surface area (Å²) >= 11 is 0. The number of aliphatic imine (C=N–C) groups is 1. The van der Waals surface area contributed by atoms with Crippen molar-refractivity contribution in [2.45, 2.75) is 40.2 Å². The summed E-state index contributed by atoms with van der Waals surface area (Å²) in [7, 11) is 3.52. The van der Waals surface area contributed by atoms with E-state index in [1.165, 1.54) is 0 Å². The molecule has 0 spiro atoms. The van der Waals surface area contributed by atoms with Gasteiger partial charge in [0.15, 0.2) is 5.96 Å². The SMILES string of the molecule is CCc1nn(C)c(OC)c1CN=C(N)NCCC(C)C. The van der Waals surface area contributed by atoms with Crippen LogP contribution in [0, 0.1) is 5.92 Å². The van der Waals surface area contributed by atoms with Crippen LogP contribution in [0.4, 0.5) is 0 Å². The van der Waals surface area contributed by atoms with Crippen molar-refractivity contribution in [1.82, 2.24) is 15.1 Å². The number of aromatic nitrogens is 2. The minimum absolute atomic E-state index is 0.471. The molecule has 0 amide bonds. The second-order valence-electron chi connectivity index (χ2n) is 5.22. The van der Waals surface area contributed by atoms with Gasteiger partial charge in [-0.05, 0) is 18.8 Å². The molecule has 0 aromatic carbocycles. The molecular formula is C14H27N5O. The van der Waals surface area contributed by atoms with E-state index in [4.69, 9.17) is 10.5 Å². The highest BCUT2D eigenvalue weighted by molar-refractivity contribution is 5.77. The molecule has 0 saturated heterocycles. The lowest BCUT2D eigenvalue weighted by atomic mass is 10.1. The number of nitrogens with one attached hydrogen (secondary N) is 1. The zero-order valence-corrected chi connectivity index (χ0v) is 13.2. The van der Waals surface area contributed by atoms with E-state index in [1.807, 2.05) is 7.05 Å². The van der Waals surface area contributed by atoms with Crippen LogP contribution in [0.1, 0.15) is 38.4 Å². The van der Waals surface area contributed by atoms with Crippen LogP contribution in [0.3, 0.4) is 0 Å². The number of aryl methyl sites for hydroxylation is 2. The fourth-order valence-electron chi connectivity index (χ4n) is 2.01. The van der Waals surface area contributed by atoms with Crippen LogP contribution in [0.5, 0.6) is 5.88 Å². The summed E-state index contributed by atoms with van der Waals surface area (Å²) in [5.74, 6) is 1.87. The summed E-state index contributed by atoms with van der Waals surface area (Å²) in [5.41, 5.74) is 7.88. The fourth-order valence-corrected chi connectivity index (χ4v) is 2.01. The van der Waals surface area contributed by atoms with Crippen molar-refractivity contribution in [3.05, 3.63) is 11.3 Å².